The van der Waals surface area contributed by atoms with Gasteiger partial charge in [0, 0.05) is 21.3 Å². The Morgan fingerprint density at radius 2 is 1.79 bits per heavy atom. The van der Waals surface area contributed by atoms with Gasteiger partial charge in [-0.3, -0.25) is 4.21 Å². The Morgan fingerprint density at radius 1 is 1.07 bits per heavy atom. The Kier molecular flexibility index (Phi) is 3.61. The topological polar surface area (TPSA) is 43.1 Å². The lowest BCUT2D eigenvalue weighted by Gasteiger charge is -2.21. The van der Waals surface area contributed by atoms with Gasteiger partial charge < -0.3 is 5.73 Å². The lowest BCUT2D eigenvalue weighted by molar-refractivity contribution is 0.553. The Balaban J connectivity index is 1.95. The molecule has 3 heteroatoms. The fourth-order valence-electron chi connectivity index (χ4n) is 2.95. The summed E-state index contributed by atoms with van der Waals surface area (Å²) in [5.41, 5.74) is 5.73. The van der Waals surface area contributed by atoms with Crippen molar-refractivity contribution in [1.82, 2.24) is 0 Å². The summed E-state index contributed by atoms with van der Waals surface area (Å²) in [6, 6.07) is 0. The van der Waals surface area contributed by atoms with Crippen LogP contribution in [0.3, 0.4) is 0 Å². The van der Waals surface area contributed by atoms with Crippen molar-refractivity contribution in [2.24, 2.45) is 11.7 Å². The third-order valence-electron chi connectivity index (χ3n) is 3.82. The van der Waals surface area contributed by atoms with E-state index in [1.807, 2.05) is 0 Å². The zero-order chi connectivity index (χ0) is 9.97. The van der Waals surface area contributed by atoms with Crippen molar-refractivity contribution in [2.75, 3.05) is 6.54 Å². The van der Waals surface area contributed by atoms with Gasteiger partial charge in [0.25, 0.3) is 0 Å². The maximum Gasteiger partial charge on any atom is 0.0391 e. The van der Waals surface area contributed by atoms with Gasteiger partial charge in [0.1, 0.15) is 0 Å². The van der Waals surface area contributed by atoms with Crippen LogP contribution in [0.15, 0.2) is 0 Å². The predicted molar refractivity (Wildman–Crippen MR) is 60.6 cm³/mol. The summed E-state index contributed by atoms with van der Waals surface area (Å²) in [5, 5.41) is 0.940. The first kappa shape index (κ1) is 10.6. The molecule has 2 N–H and O–H groups in total. The predicted octanol–water partition coefficient (Wildman–Crippen LogP) is 1.81. The highest BCUT2D eigenvalue weighted by atomic mass is 32.2. The van der Waals surface area contributed by atoms with Gasteiger partial charge in [0.05, 0.1) is 0 Å². The van der Waals surface area contributed by atoms with Gasteiger partial charge in [0.2, 0.25) is 0 Å². The number of hydrogen-bond donors (Lipinski definition) is 1. The molecule has 2 aliphatic carbocycles. The van der Waals surface area contributed by atoms with Crippen LogP contribution in [0.5, 0.6) is 0 Å². The van der Waals surface area contributed by atoms with E-state index in [-0.39, 0.29) is 0 Å². The van der Waals surface area contributed by atoms with E-state index in [0.29, 0.717) is 16.4 Å². The fraction of sp³-hybridized carbons (Fsp3) is 1.00. The number of nitrogens with two attached hydrogens (primary N) is 1. The van der Waals surface area contributed by atoms with Gasteiger partial charge in [0.15, 0.2) is 0 Å². The summed E-state index contributed by atoms with van der Waals surface area (Å²) in [6.07, 6.45) is 8.57. The minimum Gasteiger partial charge on any atom is -0.330 e. The van der Waals surface area contributed by atoms with Crippen molar-refractivity contribution in [1.29, 1.82) is 0 Å². The second-order valence-electron chi connectivity index (χ2n) is 4.70. The second-order valence-corrected chi connectivity index (χ2v) is 6.63. The molecule has 0 radical (unpaired) electrons. The molecule has 2 nitrogen and oxygen atoms in total. The van der Waals surface area contributed by atoms with E-state index in [2.05, 4.69) is 0 Å². The molecule has 0 heterocycles. The summed E-state index contributed by atoms with van der Waals surface area (Å²) in [6.45, 7) is 0.739. The highest BCUT2D eigenvalue weighted by Gasteiger charge is 2.35. The van der Waals surface area contributed by atoms with Crippen molar-refractivity contribution < 1.29 is 4.21 Å². The van der Waals surface area contributed by atoms with Gasteiger partial charge in [-0.2, -0.15) is 0 Å². The lowest BCUT2D eigenvalue weighted by atomic mass is 10.1. The maximum atomic E-state index is 12.3. The smallest absolute Gasteiger partial charge is 0.0391 e. The van der Waals surface area contributed by atoms with Gasteiger partial charge in [-0.25, -0.2) is 0 Å². The van der Waals surface area contributed by atoms with E-state index in [4.69, 9.17) is 5.73 Å². The monoisotopic (exact) mass is 215 g/mol. The Bertz CT molecular complexity index is 213. The molecule has 0 spiro atoms. The van der Waals surface area contributed by atoms with Crippen LogP contribution in [0.25, 0.3) is 0 Å². The summed E-state index contributed by atoms with van der Waals surface area (Å²) in [4.78, 5) is 0. The average molecular weight is 215 g/mol. The molecule has 2 fully saturated rings. The molecular weight excluding hydrogens is 194 g/mol. The molecule has 0 bridgehead atoms. The largest absolute Gasteiger partial charge is 0.330 e. The maximum absolute atomic E-state index is 12.3. The van der Waals surface area contributed by atoms with Crippen molar-refractivity contribution in [3.8, 4) is 0 Å². The highest BCUT2D eigenvalue weighted by molar-refractivity contribution is 7.86. The molecule has 0 aromatic heterocycles. The van der Waals surface area contributed by atoms with E-state index in [1.165, 1.54) is 38.5 Å². The molecule has 3 atom stereocenters. The van der Waals surface area contributed by atoms with Gasteiger partial charge in [-0.05, 0) is 38.1 Å². The molecule has 2 aliphatic rings. The van der Waals surface area contributed by atoms with Crippen molar-refractivity contribution >= 4 is 10.8 Å². The Labute approximate surface area is 89.1 Å². The van der Waals surface area contributed by atoms with E-state index >= 15 is 0 Å². The highest BCUT2D eigenvalue weighted by Crippen LogP contribution is 2.34. The minimum absolute atomic E-state index is 0.433. The van der Waals surface area contributed by atoms with E-state index < -0.39 is 10.8 Å². The first-order chi connectivity index (χ1) is 6.83. The quantitative estimate of drug-likeness (QED) is 0.780. The fourth-order valence-corrected chi connectivity index (χ4v) is 5.26. The standard InChI is InChI=1S/C11H21NOS/c12-8-9-4-3-7-11(9)14(13)10-5-1-2-6-10/h9-11H,1-8,12H2. The van der Waals surface area contributed by atoms with Crippen LogP contribution in [0.4, 0.5) is 0 Å². The van der Waals surface area contributed by atoms with Gasteiger partial charge in [-0.15, -0.1) is 0 Å². The molecule has 0 saturated heterocycles. The van der Waals surface area contributed by atoms with Crippen LogP contribution in [-0.2, 0) is 10.8 Å². The van der Waals surface area contributed by atoms with Crippen LogP contribution >= 0.6 is 0 Å². The third kappa shape index (κ3) is 2.03. The normalized spacial score (nSPS) is 36.4. The van der Waals surface area contributed by atoms with E-state index in [1.54, 1.807) is 0 Å². The molecule has 14 heavy (non-hydrogen) atoms. The van der Waals surface area contributed by atoms with Crippen molar-refractivity contribution in [3.05, 3.63) is 0 Å². The molecule has 0 aromatic rings. The van der Waals surface area contributed by atoms with Crippen LogP contribution in [0.2, 0.25) is 0 Å². The SMILES string of the molecule is NCC1CCCC1S(=O)C1CCCC1. The van der Waals surface area contributed by atoms with Crippen molar-refractivity contribution in [2.45, 2.75) is 55.4 Å². The summed E-state index contributed by atoms with van der Waals surface area (Å²) in [7, 11) is -0.581. The van der Waals surface area contributed by atoms with Crippen LogP contribution in [0, 0.1) is 5.92 Å². The second kappa shape index (κ2) is 4.75. The van der Waals surface area contributed by atoms with Gasteiger partial charge in [-0.1, -0.05) is 19.3 Å². The summed E-state index contributed by atoms with van der Waals surface area (Å²) >= 11 is 0. The van der Waals surface area contributed by atoms with Crippen LogP contribution in [0.1, 0.15) is 44.9 Å². The zero-order valence-corrected chi connectivity index (χ0v) is 9.60. The van der Waals surface area contributed by atoms with E-state index in [0.717, 1.165) is 13.0 Å². The van der Waals surface area contributed by atoms with Crippen LogP contribution < -0.4 is 5.73 Å². The summed E-state index contributed by atoms with van der Waals surface area (Å²) < 4.78 is 12.3. The average Bonchev–Trinajstić information content (AvgIpc) is 2.87. The molecule has 3 unspecified atom stereocenters. The first-order valence-corrected chi connectivity index (χ1v) is 7.20. The Morgan fingerprint density at radius 3 is 2.43 bits per heavy atom. The molecule has 0 amide bonds. The molecule has 0 aromatic carbocycles. The summed E-state index contributed by atoms with van der Waals surface area (Å²) in [5.74, 6) is 0.552. The first-order valence-electron chi connectivity index (χ1n) is 5.92. The number of hydrogen-bond acceptors (Lipinski definition) is 2. The molecule has 82 valence electrons. The number of rotatable bonds is 3. The molecule has 0 aliphatic heterocycles. The van der Waals surface area contributed by atoms with Crippen molar-refractivity contribution in [3.63, 3.8) is 0 Å². The molecular formula is C11H21NOS. The van der Waals surface area contributed by atoms with Crippen LogP contribution in [-0.4, -0.2) is 21.3 Å². The van der Waals surface area contributed by atoms with E-state index in [9.17, 15) is 4.21 Å². The zero-order valence-electron chi connectivity index (χ0n) is 8.78. The minimum atomic E-state index is -0.581. The third-order valence-corrected chi connectivity index (χ3v) is 6.17. The molecule has 2 saturated carbocycles. The molecule has 2 rings (SSSR count). The Hall–Kier alpha value is 0.110. The lowest BCUT2D eigenvalue weighted by Crippen LogP contribution is -2.31. The van der Waals surface area contributed by atoms with Gasteiger partial charge >= 0.3 is 0 Å².